The first-order valence-electron chi connectivity index (χ1n) is 6.30. The predicted molar refractivity (Wildman–Crippen MR) is 63.2 cm³/mol. The fourth-order valence-corrected chi connectivity index (χ4v) is 1.80. The number of hydrogen-bond donors (Lipinski definition) is 2. The number of rotatable bonds is 3. The highest BCUT2D eigenvalue weighted by molar-refractivity contribution is 6.01. The Bertz CT molecular complexity index is 355. The third-order valence-electron chi connectivity index (χ3n) is 3.46. The summed E-state index contributed by atoms with van der Waals surface area (Å²) < 4.78 is 37.3. The van der Waals surface area contributed by atoms with Crippen LogP contribution in [0, 0.1) is 11.8 Å². The monoisotopic (exact) mass is 280 g/mol. The molecule has 3 unspecified atom stereocenters. The number of piperidine rings is 1. The molecule has 3 atom stereocenters. The highest BCUT2D eigenvalue weighted by Gasteiger charge is 2.45. The highest BCUT2D eigenvalue weighted by Crippen LogP contribution is 2.28. The Hall–Kier alpha value is -1.27. The van der Waals surface area contributed by atoms with Crippen molar-refractivity contribution in [1.29, 1.82) is 0 Å². The molecule has 19 heavy (non-hydrogen) atoms. The Morgan fingerprint density at radius 1 is 1.32 bits per heavy atom. The number of hydrogen-bond acceptors (Lipinski definition) is 2. The fourth-order valence-electron chi connectivity index (χ4n) is 1.80. The van der Waals surface area contributed by atoms with E-state index in [-0.39, 0.29) is 24.8 Å². The van der Waals surface area contributed by atoms with Gasteiger partial charge in [0.1, 0.15) is 12.0 Å². The summed E-state index contributed by atoms with van der Waals surface area (Å²) in [7, 11) is 0. The van der Waals surface area contributed by atoms with Crippen molar-refractivity contribution in [1.82, 2.24) is 10.6 Å². The van der Waals surface area contributed by atoms with Crippen molar-refractivity contribution in [3.05, 3.63) is 0 Å². The van der Waals surface area contributed by atoms with E-state index in [1.807, 2.05) is 19.2 Å². The van der Waals surface area contributed by atoms with Crippen molar-refractivity contribution in [3.63, 3.8) is 0 Å². The number of nitrogens with one attached hydrogen (secondary N) is 2. The fraction of sp³-hybridized carbons (Fsp3) is 0.833. The van der Waals surface area contributed by atoms with Crippen LogP contribution < -0.4 is 10.6 Å². The lowest BCUT2D eigenvalue weighted by Gasteiger charge is -2.30. The van der Waals surface area contributed by atoms with Crippen LogP contribution in [0.25, 0.3) is 0 Å². The minimum Gasteiger partial charge on any atom is -0.353 e. The molecule has 2 N–H and O–H groups in total. The first-order valence-corrected chi connectivity index (χ1v) is 6.30. The SMILES string of the molecule is CC(C)C(C)NC(=O)C1CCC(C(F)(F)F)NC1=O. The van der Waals surface area contributed by atoms with Gasteiger partial charge in [0.05, 0.1) is 0 Å². The minimum absolute atomic E-state index is 0.0767. The van der Waals surface area contributed by atoms with E-state index in [1.165, 1.54) is 0 Å². The maximum absolute atomic E-state index is 12.4. The third kappa shape index (κ3) is 4.11. The van der Waals surface area contributed by atoms with Gasteiger partial charge in [-0.15, -0.1) is 0 Å². The molecular formula is C12H19F3N2O2. The Kier molecular flexibility index (Phi) is 4.81. The van der Waals surface area contributed by atoms with E-state index in [2.05, 4.69) is 5.32 Å². The van der Waals surface area contributed by atoms with Gasteiger partial charge in [0, 0.05) is 6.04 Å². The molecule has 0 aromatic rings. The molecule has 4 nitrogen and oxygen atoms in total. The van der Waals surface area contributed by atoms with Crippen LogP contribution in [0.1, 0.15) is 33.6 Å². The molecule has 110 valence electrons. The van der Waals surface area contributed by atoms with Crippen molar-refractivity contribution < 1.29 is 22.8 Å². The summed E-state index contributed by atoms with van der Waals surface area (Å²) in [5.41, 5.74) is 0. The number of carbonyl (C=O) groups excluding carboxylic acids is 2. The molecule has 0 radical (unpaired) electrons. The number of amides is 2. The summed E-state index contributed by atoms with van der Waals surface area (Å²) in [5, 5.41) is 4.52. The largest absolute Gasteiger partial charge is 0.408 e. The van der Waals surface area contributed by atoms with E-state index < -0.39 is 30.0 Å². The maximum atomic E-state index is 12.4. The maximum Gasteiger partial charge on any atom is 0.408 e. The van der Waals surface area contributed by atoms with E-state index in [9.17, 15) is 22.8 Å². The van der Waals surface area contributed by atoms with Gasteiger partial charge in [-0.05, 0) is 25.7 Å². The molecule has 7 heteroatoms. The normalized spacial score (nSPS) is 25.9. The van der Waals surface area contributed by atoms with Crippen molar-refractivity contribution in [2.45, 2.75) is 51.9 Å². The Balaban J connectivity index is 2.59. The lowest BCUT2D eigenvalue weighted by molar-refractivity contribution is -0.171. The summed E-state index contributed by atoms with van der Waals surface area (Å²) in [6.07, 6.45) is -4.79. The van der Waals surface area contributed by atoms with E-state index >= 15 is 0 Å². The van der Waals surface area contributed by atoms with Gasteiger partial charge in [0.15, 0.2) is 0 Å². The van der Waals surface area contributed by atoms with Crippen LogP contribution in [0.5, 0.6) is 0 Å². The Morgan fingerprint density at radius 2 is 1.89 bits per heavy atom. The zero-order valence-corrected chi connectivity index (χ0v) is 11.2. The second-order valence-corrected chi connectivity index (χ2v) is 5.27. The van der Waals surface area contributed by atoms with E-state index in [4.69, 9.17) is 0 Å². The van der Waals surface area contributed by atoms with Crippen LogP contribution in [0.4, 0.5) is 13.2 Å². The van der Waals surface area contributed by atoms with Crippen molar-refractivity contribution >= 4 is 11.8 Å². The quantitative estimate of drug-likeness (QED) is 0.772. The van der Waals surface area contributed by atoms with Gasteiger partial charge in [0.2, 0.25) is 11.8 Å². The number of halogens is 3. The molecule has 1 aliphatic heterocycles. The summed E-state index contributed by atoms with van der Waals surface area (Å²) in [6.45, 7) is 5.61. The van der Waals surface area contributed by atoms with Gasteiger partial charge in [-0.1, -0.05) is 13.8 Å². The molecule has 1 heterocycles. The second kappa shape index (κ2) is 5.79. The van der Waals surface area contributed by atoms with Crippen LogP contribution in [0.3, 0.4) is 0 Å². The highest BCUT2D eigenvalue weighted by atomic mass is 19.4. The molecule has 0 aliphatic carbocycles. The van der Waals surface area contributed by atoms with Gasteiger partial charge in [-0.2, -0.15) is 13.2 Å². The standard InChI is InChI=1S/C12H19F3N2O2/c1-6(2)7(3)16-10(18)8-4-5-9(12(13,14)15)17-11(8)19/h6-9H,4-5H2,1-3H3,(H,16,18)(H,17,19). The van der Waals surface area contributed by atoms with E-state index in [0.717, 1.165) is 0 Å². The Labute approximate surface area is 110 Å². The van der Waals surface area contributed by atoms with Crippen molar-refractivity contribution in [2.24, 2.45) is 11.8 Å². The van der Waals surface area contributed by atoms with E-state index in [0.29, 0.717) is 0 Å². The molecular weight excluding hydrogens is 261 g/mol. The molecule has 1 rings (SSSR count). The first kappa shape index (κ1) is 15.8. The van der Waals surface area contributed by atoms with Gasteiger partial charge < -0.3 is 10.6 Å². The number of carbonyl (C=O) groups is 2. The van der Waals surface area contributed by atoms with Gasteiger partial charge in [-0.25, -0.2) is 0 Å². The predicted octanol–water partition coefficient (Wildman–Crippen LogP) is 1.60. The molecule has 1 aliphatic rings. The summed E-state index contributed by atoms with van der Waals surface area (Å²) in [4.78, 5) is 23.4. The van der Waals surface area contributed by atoms with E-state index in [1.54, 1.807) is 6.92 Å². The molecule has 1 saturated heterocycles. The van der Waals surface area contributed by atoms with Gasteiger partial charge in [0.25, 0.3) is 0 Å². The Morgan fingerprint density at radius 3 is 2.32 bits per heavy atom. The van der Waals surface area contributed by atoms with Crippen LogP contribution in [0.2, 0.25) is 0 Å². The average molecular weight is 280 g/mol. The molecule has 0 aromatic heterocycles. The average Bonchev–Trinajstić information content (AvgIpc) is 2.27. The smallest absolute Gasteiger partial charge is 0.353 e. The lowest BCUT2D eigenvalue weighted by Crippen LogP contribution is -2.55. The van der Waals surface area contributed by atoms with Crippen molar-refractivity contribution in [2.75, 3.05) is 0 Å². The molecule has 1 fully saturated rings. The molecule has 0 spiro atoms. The van der Waals surface area contributed by atoms with Crippen LogP contribution in [-0.4, -0.2) is 30.1 Å². The minimum atomic E-state index is -4.46. The first-order chi connectivity index (χ1) is 8.62. The second-order valence-electron chi connectivity index (χ2n) is 5.27. The van der Waals surface area contributed by atoms with Gasteiger partial charge in [-0.3, -0.25) is 9.59 Å². The van der Waals surface area contributed by atoms with Crippen LogP contribution in [-0.2, 0) is 9.59 Å². The van der Waals surface area contributed by atoms with Gasteiger partial charge >= 0.3 is 6.18 Å². The summed E-state index contributed by atoms with van der Waals surface area (Å²) >= 11 is 0. The zero-order valence-electron chi connectivity index (χ0n) is 11.2. The van der Waals surface area contributed by atoms with Crippen molar-refractivity contribution in [3.8, 4) is 0 Å². The molecule has 0 saturated carbocycles. The van der Waals surface area contributed by atoms with Crippen LogP contribution in [0.15, 0.2) is 0 Å². The van der Waals surface area contributed by atoms with Crippen LogP contribution >= 0.6 is 0 Å². The zero-order chi connectivity index (χ0) is 14.8. The molecule has 0 bridgehead atoms. The molecule has 2 amide bonds. The lowest BCUT2D eigenvalue weighted by atomic mass is 9.92. The molecule has 0 aromatic carbocycles. The summed E-state index contributed by atoms with van der Waals surface area (Å²) in [5.74, 6) is -2.18. The third-order valence-corrected chi connectivity index (χ3v) is 3.46. The summed E-state index contributed by atoms with van der Waals surface area (Å²) in [6, 6.07) is -1.97. The number of alkyl halides is 3. The topological polar surface area (TPSA) is 58.2 Å².